The summed E-state index contributed by atoms with van der Waals surface area (Å²) in [5, 5.41) is 0. The first-order valence-corrected chi connectivity index (χ1v) is 8.24. The van der Waals surface area contributed by atoms with Gasteiger partial charge in [0.1, 0.15) is 11.6 Å². The van der Waals surface area contributed by atoms with E-state index in [0.717, 1.165) is 23.0 Å². The molecule has 3 aromatic rings. The van der Waals surface area contributed by atoms with Crippen LogP contribution in [0.3, 0.4) is 0 Å². The Morgan fingerprint density at radius 3 is 2.68 bits per heavy atom. The Labute approximate surface area is 145 Å². The summed E-state index contributed by atoms with van der Waals surface area (Å²) >= 11 is 0. The fourth-order valence-corrected chi connectivity index (χ4v) is 3.05. The Kier molecular flexibility index (Phi) is 4.14. The highest BCUT2D eigenvalue weighted by Crippen LogP contribution is 2.28. The van der Waals surface area contributed by atoms with Crippen molar-refractivity contribution in [3.05, 3.63) is 58.0 Å². The van der Waals surface area contributed by atoms with E-state index in [2.05, 4.69) is 20.8 Å². The maximum Gasteiger partial charge on any atom is 0.274 e. The van der Waals surface area contributed by atoms with E-state index in [1.165, 1.54) is 10.6 Å². The second-order valence-corrected chi connectivity index (χ2v) is 7.65. The Morgan fingerprint density at radius 2 is 2.00 bits per heavy atom. The lowest BCUT2D eigenvalue weighted by atomic mass is 9.87. The number of aryl methyl sites for hydroxylation is 1. The topological polar surface area (TPSA) is 65.8 Å². The summed E-state index contributed by atoms with van der Waals surface area (Å²) in [6.45, 7) is 6.62. The van der Waals surface area contributed by atoms with E-state index in [0.29, 0.717) is 5.82 Å². The average Bonchev–Trinajstić information content (AvgIpc) is 2.80. The molecule has 0 spiro atoms. The second-order valence-electron chi connectivity index (χ2n) is 7.65. The third-order valence-electron chi connectivity index (χ3n) is 4.21. The first-order valence-electron chi connectivity index (χ1n) is 8.24. The molecule has 3 rings (SSSR count). The van der Waals surface area contributed by atoms with Crippen molar-refractivity contribution in [2.24, 2.45) is 12.5 Å². The van der Waals surface area contributed by atoms with Gasteiger partial charge in [-0.15, -0.1) is 0 Å². The van der Waals surface area contributed by atoms with Crippen LogP contribution in [0.4, 0.5) is 10.1 Å². The highest BCUT2D eigenvalue weighted by Gasteiger charge is 2.18. The van der Waals surface area contributed by atoms with E-state index in [4.69, 9.17) is 10.7 Å². The molecular formula is C19H23FN4O. The number of benzene rings is 1. The number of hydrogen-bond donors (Lipinski definition) is 1. The number of pyridine rings is 1. The Hall–Kier alpha value is -2.63. The second kappa shape index (κ2) is 6.02. The van der Waals surface area contributed by atoms with Crippen LogP contribution in [0.5, 0.6) is 0 Å². The molecule has 0 saturated heterocycles. The van der Waals surface area contributed by atoms with Crippen LogP contribution in [-0.4, -0.2) is 14.1 Å². The summed E-state index contributed by atoms with van der Waals surface area (Å²) in [4.78, 5) is 16.8. The van der Waals surface area contributed by atoms with Crippen LogP contribution in [0.1, 0.15) is 32.2 Å². The van der Waals surface area contributed by atoms with E-state index in [1.54, 1.807) is 24.4 Å². The predicted octanol–water partition coefficient (Wildman–Crippen LogP) is 3.09. The summed E-state index contributed by atoms with van der Waals surface area (Å²) in [5.41, 5.74) is 8.04. The number of anilines is 1. The largest absolute Gasteiger partial charge is 0.394 e. The minimum Gasteiger partial charge on any atom is -0.394 e. The van der Waals surface area contributed by atoms with Gasteiger partial charge in [0.25, 0.3) is 5.56 Å². The molecular weight excluding hydrogens is 319 g/mol. The summed E-state index contributed by atoms with van der Waals surface area (Å²) in [6.07, 6.45) is 2.39. The molecule has 25 heavy (non-hydrogen) atoms. The van der Waals surface area contributed by atoms with Gasteiger partial charge < -0.3 is 14.9 Å². The molecule has 2 N–H and O–H groups in total. The number of hydrogen-bond acceptors (Lipinski definition) is 3. The quantitative estimate of drug-likeness (QED) is 0.795. The Balaban J connectivity index is 2.12. The molecule has 0 radical (unpaired) electrons. The normalized spacial score (nSPS) is 12.0. The van der Waals surface area contributed by atoms with Crippen molar-refractivity contribution in [2.75, 3.05) is 5.73 Å². The van der Waals surface area contributed by atoms with Crippen molar-refractivity contribution in [1.82, 2.24) is 14.1 Å². The first-order chi connectivity index (χ1) is 11.7. The van der Waals surface area contributed by atoms with Crippen molar-refractivity contribution in [1.29, 1.82) is 0 Å². The van der Waals surface area contributed by atoms with Crippen LogP contribution < -0.4 is 11.3 Å². The molecule has 0 aliphatic carbocycles. The van der Waals surface area contributed by atoms with Crippen LogP contribution in [-0.2, 0) is 20.0 Å². The molecule has 2 heterocycles. The third kappa shape index (κ3) is 3.43. The van der Waals surface area contributed by atoms with Gasteiger partial charge in [0.2, 0.25) is 0 Å². The number of nitrogen functional groups attached to an aromatic ring is 1. The number of imidazole rings is 1. The highest BCUT2D eigenvalue weighted by molar-refractivity contribution is 5.80. The maximum absolute atomic E-state index is 14.1. The number of aromatic nitrogens is 3. The van der Waals surface area contributed by atoms with Gasteiger partial charge in [-0.05, 0) is 41.7 Å². The Bertz CT molecular complexity index is 995. The lowest BCUT2D eigenvalue weighted by Crippen LogP contribution is -2.23. The SMILES string of the molecule is Cn1c(Cn2cccc(N)c2=O)nc2c(CC(C)(C)C)cc(F)cc21. The predicted molar refractivity (Wildman–Crippen MR) is 98.0 cm³/mol. The van der Waals surface area contributed by atoms with Gasteiger partial charge >= 0.3 is 0 Å². The third-order valence-corrected chi connectivity index (χ3v) is 4.21. The lowest BCUT2D eigenvalue weighted by molar-refractivity contribution is 0.411. The molecule has 132 valence electrons. The van der Waals surface area contributed by atoms with Gasteiger partial charge in [-0.25, -0.2) is 9.37 Å². The molecule has 1 aromatic carbocycles. The summed E-state index contributed by atoms with van der Waals surface area (Å²) in [5.74, 6) is 0.408. The molecule has 2 aromatic heterocycles. The summed E-state index contributed by atoms with van der Waals surface area (Å²) < 4.78 is 17.4. The monoisotopic (exact) mass is 342 g/mol. The average molecular weight is 342 g/mol. The van der Waals surface area contributed by atoms with E-state index in [9.17, 15) is 9.18 Å². The minimum atomic E-state index is -0.276. The zero-order valence-corrected chi connectivity index (χ0v) is 15.0. The van der Waals surface area contributed by atoms with Gasteiger partial charge in [-0.2, -0.15) is 0 Å². The van der Waals surface area contributed by atoms with Crippen LogP contribution >= 0.6 is 0 Å². The number of fused-ring (bicyclic) bond motifs is 1. The lowest BCUT2D eigenvalue weighted by Gasteiger charge is -2.18. The van der Waals surface area contributed by atoms with E-state index >= 15 is 0 Å². The molecule has 5 nitrogen and oxygen atoms in total. The number of rotatable bonds is 3. The fraction of sp³-hybridized carbons (Fsp3) is 0.368. The highest BCUT2D eigenvalue weighted by atomic mass is 19.1. The van der Waals surface area contributed by atoms with Crippen LogP contribution in [0.15, 0.2) is 35.3 Å². The van der Waals surface area contributed by atoms with Crippen LogP contribution in [0, 0.1) is 11.2 Å². The zero-order chi connectivity index (χ0) is 18.4. The molecule has 0 aliphatic heterocycles. The van der Waals surface area contributed by atoms with Crippen molar-refractivity contribution >= 4 is 16.7 Å². The van der Waals surface area contributed by atoms with Crippen LogP contribution in [0.2, 0.25) is 0 Å². The summed E-state index contributed by atoms with van der Waals surface area (Å²) in [7, 11) is 1.84. The van der Waals surface area contributed by atoms with Crippen molar-refractivity contribution < 1.29 is 4.39 Å². The molecule has 0 amide bonds. The van der Waals surface area contributed by atoms with Crippen molar-refractivity contribution in [3.8, 4) is 0 Å². The standard InChI is InChI=1S/C19H23FN4O/c1-19(2,3)10-12-8-13(20)9-15-17(12)22-16(23(15)4)11-24-7-5-6-14(21)18(24)25/h5-9H,10-11,21H2,1-4H3. The molecule has 0 fully saturated rings. The Morgan fingerprint density at radius 1 is 1.28 bits per heavy atom. The van der Waals surface area contributed by atoms with E-state index in [-0.39, 0.29) is 29.0 Å². The maximum atomic E-state index is 14.1. The van der Waals surface area contributed by atoms with Crippen LogP contribution in [0.25, 0.3) is 11.0 Å². The molecule has 0 unspecified atom stereocenters. The molecule has 0 bridgehead atoms. The molecule has 0 saturated carbocycles. The van der Waals surface area contributed by atoms with E-state index < -0.39 is 0 Å². The number of nitrogens with two attached hydrogens (primary N) is 1. The molecule has 6 heteroatoms. The van der Waals surface area contributed by atoms with Gasteiger partial charge in [-0.3, -0.25) is 4.79 Å². The zero-order valence-electron chi connectivity index (χ0n) is 15.0. The van der Waals surface area contributed by atoms with Gasteiger partial charge in [0.15, 0.2) is 0 Å². The fourth-order valence-electron chi connectivity index (χ4n) is 3.05. The van der Waals surface area contributed by atoms with Crippen molar-refractivity contribution in [3.63, 3.8) is 0 Å². The molecule has 0 aliphatic rings. The first kappa shape index (κ1) is 17.2. The number of nitrogens with zero attached hydrogens (tertiary/aromatic N) is 3. The molecule has 0 atom stereocenters. The van der Waals surface area contributed by atoms with Gasteiger partial charge in [0.05, 0.1) is 23.3 Å². The summed E-state index contributed by atoms with van der Waals surface area (Å²) in [6, 6.07) is 6.34. The number of halogens is 1. The van der Waals surface area contributed by atoms with Gasteiger partial charge in [-0.1, -0.05) is 20.8 Å². The minimum absolute atomic E-state index is 0.0171. The smallest absolute Gasteiger partial charge is 0.274 e. The van der Waals surface area contributed by atoms with E-state index in [1.807, 2.05) is 11.6 Å². The van der Waals surface area contributed by atoms with Crippen molar-refractivity contribution in [2.45, 2.75) is 33.7 Å². The van der Waals surface area contributed by atoms with Gasteiger partial charge in [0, 0.05) is 13.2 Å².